The van der Waals surface area contributed by atoms with Gasteiger partial charge in [-0.2, -0.15) is 0 Å². The second-order valence-corrected chi connectivity index (χ2v) is 6.19. The molecule has 2 aromatic rings. The van der Waals surface area contributed by atoms with Crippen LogP contribution in [0.2, 0.25) is 5.02 Å². The summed E-state index contributed by atoms with van der Waals surface area (Å²) >= 11 is 7.60. The zero-order valence-corrected chi connectivity index (χ0v) is 12.2. The van der Waals surface area contributed by atoms with Crippen LogP contribution in [-0.2, 0) is 6.54 Å². The van der Waals surface area contributed by atoms with Gasteiger partial charge >= 0.3 is 0 Å². The molecule has 1 heterocycles. The molecule has 0 saturated heterocycles. The van der Waals surface area contributed by atoms with Crippen molar-refractivity contribution in [2.75, 3.05) is 0 Å². The van der Waals surface area contributed by atoms with Gasteiger partial charge in [-0.3, -0.25) is 0 Å². The molecule has 1 N–H and O–H groups in total. The summed E-state index contributed by atoms with van der Waals surface area (Å²) in [6, 6.07) is 6.65. The highest BCUT2D eigenvalue weighted by Crippen LogP contribution is 2.32. The van der Waals surface area contributed by atoms with Crippen LogP contribution in [0.3, 0.4) is 0 Å². The van der Waals surface area contributed by atoms with E-state index in [0.29, 0.717) is 11.3 Å². The third kappa shape index (κ3) is 3.53. The number of oxazole rings is 1. The fourth-order valence-electron chi connectivity index (χ4n) is 1.78. The number of rotatable bonds is 5. The van der Waals surface area contributed by atoms with E-state index in [4.69, 9.17) is 16.0 Å². The number of benzene rings is 1. The molecule has 0 aliphatic heterocycles. The van der Waals surface area contributed by atoms with Crippen LogP contribution in [0.5, 0.6) is 0 Å². The van der Waals surface area contributed by atoms with Gasteiger partial charge in [0.05, 0.1) is 5.69 Å². The third-order valence-corrected chi connectivity index (χ3v) is 4.18. The minimum Gasteiger partial charge on any atom is -0.439 e. The summed E-state index contributed by atoms with van der Waals surface area (Å²) in [4.78, 5) is 5.42. The Morgan fingerprint density at radius 2 is 2.32 bits per heavy atom. The fourth-order valence-corrected chi connectivity index (χ4v) is 2.95. The lowest BCUT2D eigenvalue weighted by molar-refractivity contribution is 0.454. The standard InChI is InChI=1S/C14H15ClN2OS/c1-9-8-18-14(17-9)19-13-6-11(15)3-2-10(13)7-16-12-4-5-12/h2-3,6,8,12,16H,4-5,7H2,1H3. The normalized spacial score (nSPS) is 14.8. The molecule has 1 fully saturated rings. The molecule has 1 aliphatic carbocycles. The monoisotopic (exact) mass is 294 g/mol. The maximum atomic E-state index is 6.08. The first-order chi connectivity index (χ1) is 9.20. The van der Waals surface area contributed by atoms with Crippen molar-refractivity contribution in [2.24, 2.45) is 0 Å². The number of halogens is 1. The van der Waals surface area contributed by atoms with E-state index in [0.717, 1.165) is 22.2 Å². The van der Waals surface area contributed by atoms with Gasteiger partial charge in [-0.1, -0.05) is 17.7 Å². The van der Waals surface area contributed by atoms with E-state index in [1.165, 1.54) is 30.2 Å². The number of aromatic nitrogens is 1. The molecule has 19 heavy (non-hydrogen) atoms. The van der Waals surface area contributed by atoms with Crippen molar-refractivity contribution in [3.63, 3.8) is 0 Å². The fraction of sp³-hybridized carbons (Fsp3) is 0.357. The molecule has 0 radical (unpaired) electrons. The Morgan fingerprint density at radius 3 is 3.00 bits per heavy atom. The number of aryl methyl sites for hydroxylation is 1. The minimum absolute atomic E-state index is 0.660. The van der Waals surface area contributed by atoms with Gasteiger partial charge in [0.1, 0.15) is 6.26 Å². The molecule has 1 aromatic heterocycles. The van der Waals surface area contributed by atoms with Gasteiger partial charge in [0, 0.05) is 22.5 Å². The van der Waals surface area contributed by atoms with Gasteiger partial charge in [0.25, 0.3) is 5.22 Å². The molecule has 1 aromatic carbocycles. The van der Waals surface area contributed by atoms with Crippen LogP contribution in [-0.4, -0.2) is 11.0 Å². The molecule has 0 atom stereocenters. The lowest BCUT2D eigenvalue weighted by Crippen LogP contribution is -2.15. The summed E-state index contributed by atoms with van der Waals surface area (Å²) in [6.07, 6.45) is 4.24. The summed E-state index contributed by atoms with van der Waals surface area (Å²) in [7, 11) is 0. The van der Waals surface area contributed by atoms with E-state index < -0.39 is 0 Å². The molecule has 5 heteroatoms. The Morgan fingerprint density at radius 1 is 1.47 bits per heavy atom. The molecule has 0 bridgehead atoms. The van der Waals surface area contributed by atoms with Gasteiger partial charge in [0.15, 0.2) is 0 Å². The SMILES string of the molecule is Cc1coc(Sc2cc(Cl)ccc2CNC2CC2)n1. The quantitative estimate of drug-likeness (QED) is 0.903. The molecular formula is C14H15ClN2OS. The third-order valence-electron chi connectivity index (χ3n) is 2.98. The summed E-state index contributed by atoms with van der Waals surface area (Å²) < 4.78 is 5.39. The van der Waals surface area contributed by atoms with Crippen LogP contribution >= 0.6 is 23.4 Å². The first-order valence-electron chi connectivity index (χ1n) is 6.32. The highest BCUT2D eigenvalue weighted by Gasteiger charge is 2.20. The van der Waals surface area contributed by atoms with E-state index in [-0.39, 0.29) is 0 Å². The average Bonchev–Trinajstić information content (AvgIpc) is 3.12. The van der Waals surface area contributed by atoms with Gasteiger partial charge in [0.2, 0.25) is 0 Å². The summed E-state index contributed by atoms with van der Waals surface area (Å²) in [5.74, 6) is 0. The minimum atomic E-state index is 0.660. The second kappa shape index (κ2) is 5.57. The van der Waals surface area contributed by atoms with Gasteiger partial charge in [-0.15, -0.1) is 0 Å². The lowest BCUT2D eigenvalue weighted by atomic mass is 10.2. The van der Waals surface area contributed by atoms with E-state index in [9.17, 15) is 0 Å². The Balaban J connectivity index is 1.78. The van der Waals surface area contributed by atoms with Crippen LogP contribution in [0, 0.1) is 6.92 Å². The number of hydrogen-bond acceptors (Lipinski definition) is 4. The van der Waals surface area contributed by atoms with Gasteiger partial charge in [-0.05, 0) is 49.2 Å². The molecule has 1 saturated carbocycles. The molecule has 1 aliphatic rings. The van der Waals surface area contributed by atoms with Crippen molar-refractivity contribution in [3.05, 3.63) is 40.7 Å². The predicted molar refractivity (Wildman–Crippen MR) is 76.7 cm³/mol. The first-order valence-corrected chi connectivity index (χ1v) is 7.52. The van der Waals surface area contributed by atoms with Crippen molar-refractivity contribution in [1.82, 2.24) is 10.3 Å². The van der Waals surface area contributed by atoms with Crippen LogP contribution in [0.1, 0.15) is 24.1 Å². The number of nitrogens with zero attached hydrogens (tertiary/aromatic N) is 1. The molecular weight excluding hydrogens is 280 g/mol. The molecule has 0 spiro atoms. The van der Waals surface area contributed by atoms with Crippen molar-refractivity contribution < 1.29 is 4.42 Å². The molecule has 0 amide bonds. The van der Waals surface area contributed by atoms with Crippen LogP contribution in [0.25, 0.3) is 0 Å². The Kier molecular flexibility index (Phi) is 3.82. The zero-order valence-electron chi connectivity index (χ0n) is 10.6. The largest absolute Gasteiger partial charge is 0.439 e. The smallest absolute Gasteiger partial charge is 0.260 e. The van der Waals surface area contributed by atoms with Crippen molar-refractivity contribution in [2.45, 2.75) is 42.5 Å². The van der Waals surface area contributed by atoms with Crippen molar-refractivity contribution >= 4 is 23.4 Å². The highest BCUT2D eigenvalue weighted by atomic mass is 35.5. The topological polar surface area (TPSA) is 38.1 Å². The first kappa shape index (κ1) is 13.0. The zero-order chi connectivity index (χ0) is 13.2. The summed E-state index contributed by atoms with van der Waals surface area (Å²) in [5.41, 5.74) is 2.12. The molecule has 3 nitrogen and oxygen atoms in total. The maximum absolute atomic E-state index is 6.08. The summed E-state index contributed by atoms with van der Waals surface area (Å²) in [5, 5.41) is 4.91. The Labute approximate surface area is 121 Å². The van der Waals surface area contributed by atoms with Gasteiger partial charge in [-0.25, -0.2) is 4.98 Å². The van der Waals surface area contributed by atoms with E-state index in [2.05, 4.69) is 16.4 Å². The van der Waals surface area contributed by atoms with Crippen LogP contribution < -0.4 is 5.32 Å². The van der Waals surface area contributed by atoms with Gasteiger partial charge < -0.3 is 9.73 Å². The van der Waals surface area contributed by atoms with E-state index >= 15 is 0 Å². The lowest BCUT2D eigenvalue weighted by Gasteiger charge is -2.09. The van der Waals surface area contributed by atoms with Crippen molar-refractivity contribution in [1.29, 1.82) is 0 Å². The molecule has 3 rings (SSSR count). The maximum Gasteiger partial charge on any atom is 0.260 e. The average molecular weight is 295 g/mol. The number of hydrogen-bond donors (Lipinski definition) is 1. The van der Waals surface area contributed by atoms with E-state index in [1.54, 1.807) is 6.26 Å². The predicted octanol–water partition coefficient (Wildman–Crippen LogP) is 4.04. The summed E-state index contributed by atoms with van der Waals surface area (Å²) in [6.45, 7) is 2.78. The highest BCUT2D eigenvalue weighted by molar-refractivity contribution is 7.99. The van der Waals surface area contributed by atoms with Crippen LogP contribution in [0.4, 0.5) is 0 Å². The number of nitrogens with one attached hydrogen (secondary N) is 1. The molecule has 100 valence electrons. The van der Waals surface area contributed by atoms with E-state index in [1.807, 2.05) is 19.1 Å². The Hall–Kier alpha value is -0.970. The van der Waals surface area contributed by atoms with Crippen LogP contribution in [0.15, 0.2) is 39.0 Å². The van der Waals surface area contributed by atoms with Crippen molar-refractivity contribution in [3.8, 4) is 0 Å². The molecule has 0 unspecified atom stereocenters. The Bertz CT molecular complexity index is 581. The second-order valence-electron chi connectivity index (χ2n) is 4.76.